The Morgan fingerprint density at radius 2 is 1.64 bits per heavy atom. The summed E-state index contributed by atoms with van der Waals surface area (Å²) < 4.78 is 29.1. The van der Waals surface area contributed by atoms with Crippen molar-refractivity contribution in [2.75, 3.05) is 20.3 Å². The molecule has 0 aliphatic carbocycles. The summed E-state index contributed by atoms with van der Waals surface area (Å²) in [5.74, 6) is 1.33. The number of rotatable bonds is 9. The van der Waals surface area contributed by atoms with Gasteiger partial charge in [-0.2, -0.15) is 0 Å². The van der Waals surface area contributed by atoms with Gasteiger partial charge in [-0.05, 0) is 55.0 Å². The zero-order valence-electron chi connectivity index (χ0n) is 14.3. The van der Waals surface area contributed by atoms with E-state index < -0.39 is 6.10 Å². The van der Waals surface area contributed by atoms with E-state index in [1.54, 1.807) is 31.4 Å². The molecule has 0 radical (unpaired) electrons. The number of nitrogens with one attached hydrogen (secondary N) is 1. The minimum Gasteiger partial charge on any atom is -0.497 e. The highest BCUT2D eigenvalue weighted by Crippen LogP contribution is 2.17. The van der Waals surface area contributed by atoms with Gasteiger partial charge in [-0.15, -0.1) is 0 Å². The average molecular weight is 347 g/mol. The maximum Gasteiger partial charge on any atom is 0.261 e. The van der Waals surface area contributed by atoms with Crippen molar-refractivity contribution in [3.05, 3.63) is 54.3 Å². The van der Waals surface area contributed by atoms with Crippen LogP contribution in [0, 0.1) is 5.82 Å². The highest BCUT2D eigenvalue weighted by Gasteiger charge is 2.17. The number of methoxy groups -OCH3 is 1. The number of hydrogen-bond donors (Lipinski definition) is 1. The van der Waals surface area contributed by atoms with Crippen LogP contribution in [-0.2, 0) is 4.79 Å². The maximum atomic E-state index is 12.9. The van der Waals surface area contributed by atoms with Crippen molar-refractivity contribution >= 4 is 5.91 Å². The number of ether oxygens (including phenoxy) is 3. The molecule has 134 valence electrons. The predicted octanol–water partition coefficient (Wildman–Crippen LogP) is 3.19. The fourth-order valence-electron chi connectivity index (χ4n) is 2.13. The van der Waals surface area contributed by atoms with Crippen molar-refractivity contribution in [1.29, 1.82) is 0 Å². The molecule has 6 heteroatoms. The number of carbonyl (C=O) groups excluding carboxylic acids is 1. The van der Waals surface area contributed by atoms with Crippen LogP contribution < -0.4 is 19.5 Å². The van der Waals surface area contributed by atoms with Gasteiger partial charge in [0, 0.05) is 0 Å². The molecule has 1 atom stereocenters. The van der Waals surface area contributed by atoms with Crippen LogP contribution in [0.15, 0.2) is 48.5 Å². The van der Waals surface area contributed by atoms with Gasteiger partial charge in [0.1, 0.15) is 29.7 Å². The first-order chi connectivity index (χ1) is 12.1. The van der Waals surface area contributed by atoms with Crippen LogP contribution in [0.4, 0.5) is 4.39 Å². The normalized spacial score (nSPS) is 11.5. The van der Waals surface area contributed by atoms with Crippen LogP contribution in [0.5, 0.6) is 17.2 Å². The quantitative estimate of drug-likeness (QED) is 0.708. The Labute approximate surface area is 146 Å². The molecule has 2 rings (SSSR count). The molecule has 0 fully saturated rings. The molecule has 5 nitrogen and oxygen atoms in total. The van der Waals surface area contributed by atoms with E-state index in [1.165, 1.54) is 24.3 Å². The molecule has 2 aromatic rings. The first-order valence-electron chi connectivity index (χ1n) is 8.09. The van der Waals surface area contributed by atoms with Crippen molar-refractivity contribution < 1.29 is 23.4 Å². The molecule has 0 spiro atoms. The summed E-state index contributed by atoms with van der Waals surface area (Å²) in [5, 5.41) is 2.77. The minimum atomic E-state index is -0.633. The Balaban J connectivity index is 1.74. The van der Waals surface area contributed by atoms with Gasteiger partial charge in [0.25, 0.3) is 5.91 Å². The summed E-state index contributed by atoms with van der Waals surface area (Å²) in [5.41, 5.74) is 0. The topological polar surface area (TPSA) is 56.8 Å². The van der Waals surface area contributed by atoms with Gasteiger partial charge in [0.15, 0.2) is 6.10 Å². The van der Waals surface area contributed by atoms with Crippen molar-refractivity contribution in [2.45, 2.75) is 19.4 Å². The molecule has 0 bridgehead atoms. The van der Waals surface area contributed by atoms with Crippen molar-refractivity contribution in [1.82, 2.24) is 5.32 Å². The van der Waals surface area contributed by atoms with E-state index in [1.807, 2.05) is 6.92 Å². The van der Waals surface area contributed by atoms with E-state index in [4.69, 9.17) is 14.2 Å². The van der Waals surface area contributed by atoms with Crippen LogP contribution in [0.1, 0.15) is 13.3 Å². The third-order valence-corrected chi connectivity index (χ3v) is 3.48. The molecule has 0 saturated heterocycles. The number of halogens is 1. The van der Waals surface area contributed by atoms with Gasteiger partial charge in [-0.1, -0.05) is 6.92 Å². The average Bonchev–Trinajstić information content (AvgIpc) is 2.65. The summed E-state index contributed by atoms with van der Waals surface area (Å²) in [6, 6.07) is 12.8. The monoisotopic (exact) mass is 347 g/mol. The summed E-state index contributed by atoms with van der Waals surface area (Å²) >= 11 is 0. The van der Waals surface area contributed by atoms with E-state index in [2.05, 4.69) is 5.32 Å². The van der Waals surface area contributed by atoms with Gasteiger partial charge in [-0.3, -0.25) is 4.79 Å². The van der Waals surface area contributed by atoms with Crippen molar-refractivity contribution in [3.8, 4) is 17.2 Å². The summed E-state index contributed by atoms with van der Waals surface area (Å²) in [6.45, 7) is 2.54. The number of carbonyl (C=O) groups is 1. The summed E-state index contributed by atoms with van der Waals surface area (Å²) in [6.07, 6.45) is -0.130. The molecule has 0 aliphatic heterocycles. The fraction of sp³-hybridized carbons (Fsp3) is 0.316. The van der Waals surface area contributed by atoms with E-state index in [-0.39, 0.29) is 11.7 Å². The number of hydrogen-bond acceptors (Lipinski definition) is 4. The minimum absolute atomic E-state index is 0.231. The maximum absolute atomic E-state index is 12.9. The molecular formula is C19H22FNO4. The summed E-state index contributed by atoms with van der Waals surface area (Å²) in [4.78, 5) is 12.2. The van der Waals surface area contributed by atoms with Crippen LogP contribution >= 0.6 is 0 Å². The highest BCUT2D eigenvalue weighted by atomic mass is 19.1. The Kier molecular flexibility index (Phi) is 7.07. The Bertz CT molecular complexity index is 658. The molecule has 0 unspecified atom stereocenters. The molecule has 2 aromatic carbocycles. The van der Waals surface area contributed by atoms with Gasteiger partial charge < -0.3 is 19.5 Å². The van der Waals surface area contributed by atoms with E-state index in [9.17, 15) is 9.18 Å². The Morgan fingerprint density at radius 1 is 1.04 bits per heavy atom. The summed E-state index contributed by atoms with van der Waals surface area (Å²) in [7, 11) is 1.60. The lowest BCUT2D eigenvalue weighted by Crippen LogP contribution is -2.39. The van der Waals surface area contributed by atoms with Gasteiger partial charge >= 0.3 is 0 Å². The fourth-order valence-corrected chi connectivity index (χ4v) is 2.13. The second kappa shape index (κ2) is 9.52. The number of amides is 1. The molecule has 1 N–H and O–H groups in total. The molecule has 0 saturated carbocycles. The van der Waals surface area contributed by atoms with Gasteiger partial charge in [-0.25, -0.2) is 4.39 Å². The van der Waals surface area contributed by atoms with E-state index in [0.29, 0.717) is 31.1 Å². The highest BCUT2D eigenvalue weighted by molar-refractivity contribution is 5.81. The van der Waals surface area contributed by atoms with Crippen molar-refractivity contribution in [2.24, 2.45) is 0 Å². The third kappa shape index (κ3) is 5.99. The molecule has 1 amide bonds. The van der Waals surface area contributed by atoms with Crippen LogP contribution in [0.25, 0.3) is 0 Å². The smallest absolute Gasteiger partial charge is 0.261 e. The third-order valence-electron chi connectivity index (χ3n) is 3.48. The first-order valence-corrected chi connectivity index (χ1v) is 8.09. The molecule has 25 heavy (non-hydrogen) atoms. The molecular weight excluding hydrogens is 325 g/mol. The largest absolute Gasteiger partial charge is 0.497 e. The molecule has 0 heterocycles. The second-order valence-electron chi connectivity index (χ2n) is 5.28. The van der Waals surface area contributed by atoms with E-state index >= 15 is 0 Å². The van der Waals surface area contributed by atoms with Crippen molar-refractivity contribution in [3.63, 3.8) is 0 Å². The zero-order chi connectivity index (χ0) is 18.1. The van der Waals surface area contributed by atoms with E-state index in [0.717, 1.165) is 5.75 Å². The predicted molar refractivity (Wildman–Crippen MR) is 92.6 cm³/mol. The van der Waals surface area contributed by atoms with Crippen LogP contribution in [0.2, 0.25) is 0 Å². The zero-order valence-corrected chi connectivity index (χ0v) is 14.3. The Morgan fingerprint density at radius 3 is 2.24 bits per heavy atom. The number of benzene rings is 2. The molecule has 0 aromatic heterocycles. The lowest BCUT2D eigenvalue weighted by molar-refractivity contribution is -0.128. The lowest BCUT2D eigenvalue weighted by Gasteiger charge is -2.17. The van der Waals surface area contributed by atoms with Crippen LogP contribution in [-0.4, -0.2) is 32.3 Å². The van der Waals surface area contributed by atoms with Crippen LogP contribution in [0.3, 0.4) is 0 Å². The SMILES string of the molecule is CC[C@H](Oc1ccc(F)cc1)C(=O)NCCOc1ccc(OC)cc1. The van der Waals surface area contributed by atoms with Gasteiger partial charge in [0.2, 0.25) is 0 Å². The first kappa shape index (κ1) is 18.6. The lowest BCUT2D eigenvalue weighted by atomic mass is 10.2. The van der Waals surface area contributed by atoms with Gasteiger partial charge in [0.05, 0.1) is 13.7 Å². The standard InChI is InChI=1S/C19H22FNO4/c1-3-18(25-17-6-4-14(20)5-7-17)19(22)21-12-13-24-16-10-8-15(23-2)9-11-16/h4-11,18H,3,12-13H2,1-2H3,(H,21,22)/t18-/m0/s1. The second-order valence-corrected chi connectivity index (χ2v) is 5.28. The Hall–Kier alpha value is -2.76. The molecule has 0 aliphatic rings.